The number of carbonyl (C=O) groups excluding carboxylic acids is 1. The Morgan fingerprint density at radius 1 is 1.00 bits per heavy atom. The lowest BCUT2D eigenvalue weighted by molar-refractivity contribution is -0.122. The third-order valence-electron chi connectivity index (χ3n) is 3.37. The fraction of sp³-hybridized carbons (Fsp3) is 0.615. The highest BCUT2D eigenvalue weighted by Gasteiger charge is 2.31. The molecule has 2 fully saturated rings. The zero-order valence-electron chi connectivity index (χ0n) is 8.93. The van der Waals surface area contributed by atoms with Crippen LogP contribution in [0.3, 0.4) is 0 Å². The molecular formula is C13H20O. The van der Waals surface area contributed by atoms with E-state index in [0.717, 1.165) is 31.6 Å². The van der Waals surface area contributed by atoms with Gasteiger partial charge in [-0.15, -0.1) is 13.2 Å². The minimum absolute atomic E-state index is 0.478. The Labute approximate surface area is 86.9 Å². The second-order valence-electron chi connectivity index (χ2n) is 4.29. The van der Waals surface area contributed by atoms with E-state index in [1.807, 2.05) is 0 Å². The largest absolute Gasteiger partial charge is 0.300 e. The van der Waals surface area contributed by atoms with Crippen LogP contribution >= 0.6 is 0 Å². The Morgan fingerprint density at radius 3 is 2.36 bits per heavy atom. The van der Waals surface area contributed by atoms with Crippen LogP contribution in [0.5, 0.6) is 0 Å². The molecule has 1 heteroatoms. The third-order valence-corrected chi connectivity index (χ3v) is 3.37. The van der Waals surface area contributed by atoms with Gasteiger partial charge < -0.3 is 0 Å². The predicted molar refractivity (Wildman–Crippen MR) is 60.1 cm³/mol. The first kappa shape index (κ1) is 11.2. The molecule has 0 N–H and O–H groups in total. The van der Waals surface area contributed by atoms with Gasteiger partial charge >= 0.3 is 0 Å². The average Bonchev–Trinajstić information content (AvgIpc) is 2.20. The Hall–Kier alpha value is -0.850. The van der Waals surface area contributed by atoms with Crippen molar-refractivity contribution in [2.45, 2.75) is 38.5 Å². The van der Waals surface area contributed by atoms with Crippen molar-refractivity contribution in [1.29, 1.82) is 0 Å². The van der Waals surface area contributed by atoms with Crippen molar-refractivity contribution in [1.82, 2.24) is 0 Å². The van der Waals surface area contributed by atoms with Crippen LogP contribution in [0.2, 0.25) is 0 Å². The molecule has 0 amide bonds. The first-order chi connectivity index (χ1) is 6.75. The fourth-order valence-electron chi connectivity index (χ4n) is 2.62. The first-order valence-electron chi connectivity index (χ1n) is 5.44. The normalized spacial score (nSPS) is 31.4. The summed E-state index contributed by atoms with van der Waals surface area (Å²) in [5.74, 6) is 1.98. The smallest absolute Gasteiger partial charge is 0.133 e. The molecule has 0 spiro atoms. The lowest BCUT2D eigenvalue weighted by Crippen LogP contribution is -2.28. The van der Waals surface area contributed by atoms with Crippen LogP contribution in [0.15, 0.2) is 25.3 Å². The molecule has 1 nitrogen and oxygen atoms in total. The minimum Gasteiger partial charge on any atom is -0.300 e. The van der Waals surface area contributed by atoms with E-state index in [-0.39, 0.29) is 0 Å². The fourth-order valence-corrected chi connectivity index (χ4v) is 2.62. The van der Waals surface area contributed by atoms with Gasteiger partial charge in [0, 0.05) is 12.8 Å². The molecule has 2 atom stereocenters. The molecule has 2 saturated carbocycles. The second kappa shape index (κ2) is 5.14. The van der Waals surface area contributed by atoms with Gasteiger partial charge in [0.25, 0.3) is 0 Å². The maximum Gasteiger partial charge on any atom is 0.133 e. The van der Waals surface area contributed by atoms with E-state index in [2.05, 4.69) is 19.7 Å². The van der Waals surface area contributed by atoms with Gasteiger partial charge in [-0.3, -0.25) is 4.79 Å². The van der Waals surface area contributed by atoms with E-state index in [4.69, 9.17) is 0 Å². The molecule has 0 aromatic carbocycles. The summed E-state index contributed by atoms with van der Waals surface area (Å²) in [5, 5.41) is 0. The van der Waals surface area contributed by atoms with Crippen LogP contribution in [0.1, 0.15) is 38.5 Å². The highest BCUT2D eigenvalue weighted by atomic mass is 16.1. The molecule has 0 saturated heterocycles. The number of allylic oxidation sites excluding steroid dienone is 1. The summed E-state index contributed by atoms with van der Waals surface area (Å²) >= 11 is 0. The number of rotatable bonds is 0. The lowest BCUT2D eigenvalue weighted by atomic mass is 9.69. The summed E-state index contributed by atoms with van der Waals surface area (Å²) in [6.07, 6.45) is 6.44. The standard InChI is InChI=1S/C11H16O.C2H4/c1-8-2-3-9-4-5-11(12)7-10(9)6-8;1-2/h9-10H,1-7H2;1-2H2/t9-,10+;/m0./s1. The molecule has 0 heterocycles. The quantitative estimate of drug-likeness (QED) is 0.537. The molecule has 0 radical (unpaired) electrons. The predicted octanol–water partition coefficient (Wildman–Crippen LogP) is 3.51. The van der Waals surface area contributed by atoms with E-state index < -0.39 is 0 Å². The number of hydrogen-bond acceptors (Lipinski definition) is 1. The van der Waals surface area contributed by atoms with Crippen molar-refractivity contribution in [3.05, 3.63) is 25.3 Å². The van der Waals surface area contributed by atoms with E-state index in [1.165, 1.54) is 18.4 Å². The monoisotopic (exact) mass is 192 g/mol. The van der Waals surface area contributed by atoms with Crippen LogP contribution < -0.4 is 0 Å². The second-order valence-corrected chi connectivity index (χ2v) is 4.29. The van der Waals surface area contributed by atoms with Gasteiger partial charge in [-0.25, -0.2) is 0 Å². The molecular weight excluding hydrogens is 172 g/mol. The molecule has 2 aliphatic rings. The summed E-state index contributed by atoms with van der Waals surface area (Å²) in [5.41, 5.74) is 1.37. The Balaban J connectivity index is 0.000000461. The molecule has 2 aliphatic carbocycles. The number of ketones is 1. The molecule has 14 heavy (non-hydrogen) atoms. The zero-order valence-corrected chi connectivity index (χ0v) is 8.93. The highest BCUT2D eigenvalue weighted by molar-refractivity contribution is 5.79. The van der Waals surface area contributed by atoms with Crippen molar-refractivity contribution in [3.63, 3.8) is 0 Å². The topological polar surface area (TPSA) is 17.1 Å². The van der Waals surface area contributed by atoms with Gasteiger partial charge in [-0.05, 0) is 37.5 Å². The maximum absolute atomic E-state index is 11.2. The van der Waals surface area contributed by atoms with Gasteiger partial charge in [0.15, 0.2) is 0 Å². The van der Waals surface area contributed by atoms with Gasteiger partial charge in [0.1, 0.15) is 5.78 Å². The summed E-state index contributed by atoms with van der Waals surface area (Å²) in [6.45, 7) is 10.0. The molecule has 2 rings (SSSR count). The molecule has 0 aromatic heterocycles. The Kier molecular flexibility index (Phi) is 4.12. The van der Waals surface area contributed by atoms with Gasteiger partial charge in [0.2, 0.25) is 0 Å². The zero-order chi connectivity index (χ0) is 10.6. The van der Waals surface area contributed by atoms with Crippen LogP contribution in [-0.2, 0) is 4.79 Å². The molecule has 0 aromatic rings. The molecule has 78 valence electrons. The van der Waals surface area contributed by atoms with Crippen molar-refractivity contribution in [2.75, 3.05) is 0 Å². The summed E-state index contributed by atoms with van der Waals surface area (Å²) in [6, 6.07) is 0. The SMILES string of the molecule is C=C.C=C1CC[C@H]2CCC(=O)C[C@H]2C1. The number of Topliss-reactive ketones (excluding diaryl/α,β-unsaturated/α-hetero) is 1. The number of carbonyl (C=O) groups is 1. The molecule has 0 aliphatic heterocycles. The van der Waals surface area contributed by atoms with Crippen LogP contribution in [0.4, 0.5) is 0 Å². The van der Waals surface area contributed by atoms with Crippen molar-refractivity contribution in [2.24, 2.45) is 11.8 Å². The van der Waals surface area contributed by atoms with Crippen molar-refractivity contribution < 1.29 is 4.79 Å². The van der Waals surface area contributed by atoms with E-state index in [1.54, 1.807) is 0 Å². The average molecular weight is 192 g/mol. The summed E-state index contributed by atoms with van der Waals surface area (Å²) in [7, 11) is 0. The van der Waals surface area contributed by atoms with Gasteiger partial charge in [0.05, 0.1) is 0 Å². The highest BCUT2D eigenvalue weighted by Crippen LogP contribution is 2.40. The van der Waals surface area contributed by atoms with E-state index in [0.29, 0.717) is 11.7 Å². The van der Waals surface area contributed by atoms with Crippen LogP contribution in [0.25, 0.3) is 0 Å². The van der Waals surface area contributed by atoms with Crippen molar-refractivity contribution in [3.8, 4) is 0 Å². The summed E-state index contributed by atoms with van der Waals surface area (Å²) < 4.78 is 0. The minimum atomic E-state index is 0.478. The van der Waals surface area contributed by atoms with E-state index >= 15 is 0 Å². The van der Waals surface area contributed by atoms with Gasteiger partial charge in [-0.1, -0.05) is 12.2 Å². The molecule has 0 unspecified atom stereocenters. The van der Waals surface area contributed by atoms with Crippen LogP contribution in [0, 0.1) is 11.8 Å². The maximum atomic E-state index is 11.2. The Morgan fingerprint density at radius 2 is 1.64 bits per heavy atom. The third kappa shape index (κ3) is 2.57. The number of fused-ring (bicyclic) bond motifs is 1. The van der Waals surface area contributed by atoms with Gasteiger partial charge in [-0.2, -0.15) is 0 Å². The van der Waals surface area contributed by atoms with Crippen molar-refractivity contribution >= 4 is 5.78 Å². The lowest BCUT2D eigenvalue weighted by Gasteiger charge is -2.35. The van der Waals surface area contributed by atoms with E-state index in [9.17, 15) is 4.79 Å². The molecule has 0 bridgehead atoms. The number of hydrogen-bond donors (Lipinski definition) is 0. The Bertz CT molecular complexity index is 207. The summed E-state index contributed by atoms with van der Waals surface area (Å²) in [4.78, 5) is 11.2. The first-order valence-corrected chi connectivity index (χ1v) is 5.44. The van der Waals surface area contributed by atoms with Crippen LogP contribution in [-0.4, -0.2) is 5.78 Å².